The van der Waals surface area contributed by atoms with Crippen LogP contribution in [-0.4, -0.2) is 6.54 Å². The van der Waals surface area contributed by atoms with E-state index in [4.69, 9.17) is 23.2 Å². The first-order valence-electron chi connectivity index (χ1n) is 5.42. The molecule has 90 valence electrons. The van der Waals surface area contributed by atoms with Crippen LogP contribution in [0.5, 0.6) is 0 Å². The molecular weight excluding hydrogens is 273 g/mol. The fraction of sp³-hybridized carbons (Fsp3) is 0.231. The average Bonchev–Trinajstić information content (AvgIpc) is 2.83. The minimum atomic E-state index is 0.109. The van der Waals surface area contributed by atoms with Gasteiger partial charge in [0.15, 0.2) is 0 Å². The zero-order valence-electron chi connectivity index (χ0n) is 9.41. The maximum absolute atomic E-state index is 6.25. The van der Waals surface area contributed by atoms with E-state index in [1.165, 1.54) is 5.56 Å². The normalized spacial score (nSPS) is 12.6. The van der Waals surface area contributed by atoms with Gasteiger partial charge in [-0.1, -0.05) is 30.1 Å². The highest BCUT2D eigenvalue weighted by atomic mass is 35.5. The first-order chi connectivity index (χ1) is 8.22. The molecule has 0 spiro atoms. The molecule has 4 heteroatoms. The summed E-state index contributed by atoms with van der Waals surface area (Å²) >= 11 is 14.0. The molecule has 1 aromatic heterocycles. The molecule has 2 rings (SSSR count). The highest BCUT2D eigenvalue weighted by Crippen LogP contribution is 2.31. The van der Waals surface area contributed by atoms with Crippen molar-refractivity contribution in [2.75, 3.05) is 6.54 Å². The van der Waals surface area contributed by atoms with Crippen LogP contribution in [0, 0.1) is 0 Å². The van der Waals surface area contributed by atoms with Gasteiger partial charge in [-0.05, 0) is 52.7 Å². The zero-order valence-corrected chi connectivity index (χ0v) is 11.7. The topological polar surface area (TPSA) is 12.0 Å². The molecule has 0 radical (unpaired) electrons. The second kappa shape index (κ2) is 5.87. The molecule has 0 fully saturated rings. The third-order valence-corrected chi connectivity index (χ3v) is 3.83. The van der Waals surface area contributed by atoms with E-state index in [1.807, 2.05) is 18.2 Å². The molecule has 0 amide bonds. The number of hydrogen-bond donors (Lipinski definition) is 1. The molecule has 1 atom stereocenters. The minimum absolute atomic E-state index is 0.109. The molecule has 2 aromatic rings. The van der Waals surface area contributed by atoms with Crippen LogP contribution in [0.3, 0.4) is 0 Å². The second-order valence-electron chi connectivity index (χ2n) is 3.71. The van der Waals surface area contributed by atoms with Crippen LogP contribution in [0.15, 0.2) is 35.0 Å². The molecule has 0 bridgehead atoms. The number of benzene rings is 1. The van der Waals surface area contributed by atoms with Crippen LogP contribution < -0.4 is 5.32 Å². The summed E-state index contributed by atoms with van der Waals surface area (Å²) in [4.78, 5) is 0. The Labute approximate surface area is 115 Å². The summed E-state index contributed by atoms with van der Waals surface area (Å²) in [6.45, 7) is 2.96. The standard InChI is InChI=1S/C13H13Cl2NS/c1-2-16-13(9-5-6-17-8-9)11-7-10(14)3-4-12(11)15/h3-8,13,16H,2H2,1H3. The van der Waals surface area contributed by atoms with Crippen LogP contribution in [-0.2, 0) is 0 Å². The van der Waals surface area contributed by atoms with Gasteiger partial charge < -0.3 is 5.32 Å². The Hall–Kier alpha value is -0.540. The van der Waals surface area contributed by atoms with Gasteiger partial charge in [0.25, 0.3) is 0 Å². The van der Waals surface area contributed by atoms with Crippen LogP contribution in [0.2, 0.25) is 10.0 Å². The van der Waals surface area contributed by atoms with Crippen molar-refractivity contribution in [3.05, 3.63) is 56.2 Å². The quantitative estimate of drug-likeness (QED) is 0.855. The number of hydrogen-bond acceptors (Lipinski definition) is 2. The van der Waals surface area contributed by atoms with Crippen molar-refractivity contribution in [1.29, 1.82) is 0 Å². The van der Waals surface area contributed by atoms with Crippen molar-refractivity contribution in [2.24, 2.45) is 0 Å². The van der Waals surface area contributed by atoms with Crippen molar-refractivity contribution >= 4 is 34.5 Å². The summed E-state index contributed by atoms with van der Waals surface area (Å²) in [6.07, 6.45) is 0. The number of thiophene rings is 1. The third-order valence-electron chi connectivity index (χ3n) is 2.55. The van der Waals surface area contributed by atoms with Crippen molar-refractivity contribution in [3.63, 3.8) is 0 Å². The molecule has 1 N–H and O–H groups in total. The van der Waals surface area contributed by atoms with Gasteiger partial charge in [0.05, 0.1) is 6.04 Å². The van der Waals surface area contributed by atoms with Gasteiger partial charge in [0.2, 0.25) is 0 Å². The molecule has 0 aliphatic carbocycles. The van der Waals surface area contributed by atoms with Gasteiger partial charge in [-0.25, -0.2) is 0 Å². The molecule has 1 nitrogen and oxygen atoms in total. The monoisotopic (exact) mass is 285 g/mol. The average molecular weight is 286 g/mol. The van der Waals surface area contributed by atoms with E-state index in [-0.39, 0.29) is 6.04 Å². The van der Waals surface area contributed by atoms with Gasteiger partial charge in [-0.2, -0.15) is 11.3 Å². The summed E-state index contributed by atoms with van der Waals surface area (Å²) < 4.78 is 0. The molecule has 1 aromatic carbocycles. The van der Waals surface area contributed by atoms with Gasteiger partial charge in [0.1, 0.15) is 0 Å². The number of nitrogens with one attached hydrogen (secondary N) is 1. The molecular formula is C13H13Cl2NS. The van der Waals surface area contributed by atoms with Crippen molar-refractivity contribution in [3.8, 4) is 0 Å². The molecule has 0 saturated carbocycles. The first-order valence-corrected chi connectivity index (χ1v) is 7.12. The van der Waals surface area contributed by atoms with Gasteiger partial charge >= 0.3 is 0 Å². The Bertz CT molecular complexity index is 482. The summed E-state index contributed by atoms with van der Waals surface area (Å²) in [6, 6.07) is 7.79. The molecule has 0 saturated heterocycles. The van der Waals surface area contributed by atoms with E-state index in [2.05, 4.69) is 29.1 Å². The molecule has 0 aliphatic heterocycles. The lowest BCUT2D eigenvalue weighted by Gasteiger charge is -2.19. The van der Waals surface area contributed by atoms with E-state index in [9.17, 15) is 0 Å². The Balaban J connectivity index is 2.42. The predicted octanol–water partition coefficient (Wildman–Crippen LogP) is 4.75. The van der Waals surface area contributed by atoms with E-state index in [0.29, 0.717) is 5.02 Å². The van der Waals surface area contributed by atoms with Gasteiger partial charge in [-0.3, -0.25) is 0 Å². The Morgan fingerprint density at radius 3 is 2.76 bits per heavy atom. The number of halogens is 2. The van der Waals surface area contributed by atoms with Crippen molar-refractivity contribution in [1.82, 2.24) is 5.32 Å². The summed E-state index contributed by atoms with van der Waals surface area (Å²) in [7, 11) is 0. The summed E-state index contributed by atoms with van der Waals surface area (Å²) in [5.74, 6) is 0. The molecule has 1 heterocycles. The fourth-order valence-corrected chi connectivity index (χ4v) is 2.88. The SMILES string of the molecule is CCNC(c1ccsc1)c1cc(Cl)ccc1Cl. The second-order valence-corrected chi connectivity index (χ2v) is 5.34. The fourth-order valence-electron chi connectivity index (χ4n) is 1.79. The van der Waals surface area contributed by atoms with Gasteiger partial charge in [-0.15, -0.1) is 0 Å². The highest BCUT2D eigenvalue weighted by Gasteiger charge is 2.16. The Morgan fingerprint density at radius 2 is 2.12 bits per heavy atom. The zero-order chi connectivity index (χ0) is 12.3. The largest absolute Gasteiger partial charge is 0.306 e. The van der Waals surface area contributed by atoms with Crippen LogP contribution in [0.25, 0.3) is 0 Å². The first kappa shape index (κ1) is 12.9. The summed E-state index contributed by atoms with van der Waals surface area (Å²) in [5, 5.41) is 9.08. The van der Waals surface area contributed by atoms with Crippen LogP contribution in [0.1, 0.15) is 24.1 Å². The van der Waals surface area contributed by atoms with Crippen LogP contribution >= 0.6 is 34.5 Å². The smallest absolute Gasteiger partial charge is 0.0600 e. The van der Waals surface area contributed by atoms with E-state index < -0.39 is 0 Å². The Kier molecular flexibility index (Phi) is 4.46. The van der Waals surface area contributed by atoms with Crippen molar-refractivity contribution in [2.45, 2.75) is 13.0 Å². The number of rotatable bonds is 4. The third kappa shape index (κ3) is 3.02. The van der Waals surface area contributed by atoms with E-state index in [0.717, 1.165) is 17.1 Å². The van der Waals surface area contributed by atoms with E-state index >= 15 is 0 Å². The molecule has 0 aliphatic rings. The lowest BCUT2D eigenvalue weighted by Crippen LogP contribution is -2.21. The lowest BCUT2D eigenvalue weighted by atomic mass is 10.0. The molecule has 1 unspecified atom stereocenters. The van der Waals surface area contributed by atoms with E-state index in [1.54, 1.807) is 11.3 Å². The predicted molar refractivity (Wildman–Crippen MR) is 76.3 cm³/mol. The van der Waals surface area contributed by atoms with Crippen molar-refractivity contribution < 1.29 is 0 Å². The Morgan fingerprint density at radius 1 is 1.29 bits per heavy atom. The molecule has 17 heavy (non-hydrogen) atoms. The maximum Gasteiger partial charge on any atom is 0.0600 e. The maximum atomic E-state index is 6.25. The lowest BCUT2D eigenvalue weighted by molar-refractivity contribution is 0.632. The highest BCUT2D eigenvalue weighted by molar-refractivity contribution is 7.08. The summed E-state index contributed by atoms with van der Waals surface area (Å²) in [5.41, 5.74) is 2.25. The van der Waals surface area contributed by atoms with Gasteiger partial charge in [0, 0.05) is 10.0 Å². The van der Waals surface area contributed by atoms with Crippen LogP contribution in [0.4, 0.5) is 0 Å². The minimum Gasteiger partial charge on any atom is -0.306 e.